The fourth-order valence-electron chi connectivity index (χ4n) is 4.59. The van der Waals surface area contributed by atoms with Crippen LogP contribution in [-0.4, -0.2) is 5.78 Å². The third-order valence-corrected chi connectivity index (χ3v) is 6.24. The summed E-state index contributed by atoms with van der Waals surface area (Å²) in [5.74, 6) is 1.08. The molecule has 0 radical (unpaired) electrons. The molecule has 32 heavy (non-hydrogen) atoms. The highest BCUT2D eigenvalue weighted by Gasteiger charge is 2.57. The van der Waals surface area contributed by atoms with E-state index in [1.165, 1.54) is 0 Å². The molecule has 1 aliphatic rings. The van der Waals surface area contributed by atoms with E-state index in [-0.39, 0.29) is 5.78 Å². The van der Waals surface area contributed by atoms with E-state index in [1.54, 1.807) is 19.9 Å². The van der Waals surface area contributed by atoms with Crippen molar-refractivity contribution in [2.45, 2.75) is 31.5 Å². The Balaban J connectivity index is 1.73. The summed E-state index contributed by atoms with van der Waals surface area (Å²) in [6, 6.07) is 31.8. The predicted octanol–water partition coefficient (Wildman–Crippen LogP) is 6.33. The number of benzene rings is 3. The first kappa shape index (κ1) is 20.4. The van der Waals surface area contributed by atoms with Crippen molar-refractivity contribution >= 4 is 5.78 Å². The van der Waals surface area contributed by atoms with Gasteiger partial charge in [-0.05, 0) is 36.6 Å². The molecule has 0 spiro atoms. The predicted molar refractivity (Wildman–Crippen MR) is 121 cm³/mol. The van der Waals surface area contributed by atoms with E-state index in [2.05, 4.69) is 0 Å². The Morgan fingerprint density at radius 3 is 1.59 bits per heavy atom. The maximum atomic E-state index is 12.2. The van der Waals surface area contributed by atoms with E-state index in [0.29, 0.717) is 23.5 Å². The first-order valence-electron chi connectivity index (χ1n) is 10.7. The van der Waals surface area contributed by atoms with Gasteiger partial charge in [-0.3, -0.25) is 4.79 Å². The summed E-state index contributed by atoms with van der Waals surface area (Å²) in [6.07, 6.45) is 0.447. The van der Waals surface area contributed by atoms with Crippen molar-refractivity contribution in [1.82, 2.24) is 0 Å². The standard InChI is InChI=1S/C28H24O4/c1-20(29)25-18-26(30-21(25)2)28(24-16-10-5-11-17-24)19-27(31-32-28,22-12-6-3-7-13-22)23-14-8-4-9-15-23/h3-18H,19H2,1-2H3. The summed E-state index contributed by atoms with van der Waals surface area (Å²) in [5, 5.41) is 0. The Morgan fingerprint density at radius 1 is 0.719 bits per heavy atom. The molecule has 1 fully saturated rings. The third-order valence-electron chi connectivity index (χ3n) is 6.24. The molecule has 4 aromatic rings. The number of ketones is 1. The van der Waals surface area contributed by atoms with Crippen molar-refractivity contribution in [3.8, 4) is 0 Å². The summed E-state index contributed by atoms with van der Waals surface area (Å²) < 4.78 is 6.16. The quantitative estimate of drug-likeness (QED) is 0.277. The highest BCUT2D eigenvalue weighted by molar-refractivity contribution is 5.95. The molecule has 1 atom stereocenters. The van der Waals surface area contributed by atoms with E-state index >= 15 is 0 Å². The zero-order valence-corrected chi connectivity index (χ0v) is 18.1. The lowest BCUT2D eigenvalue weighted by atomic mass is 9.75. The van der Waals surface area contributed by atoms with Crippen LogP contribution in [0.5, 0.6) is 0 Å². The molecule has 0 amide bonds. The zero-order chi connectivity index (χ0) is 22.2. The molecular formula is C28H24O4. The molecule has 4 nitrogen and oxygen atoms in total. The highest BCUT2D eigenvalue weighted by atomic mass is 17.2. The van der Waals surface area contributed by atoms with Crippen molar-refractivity contribution in [3.05, 3.63) is 131 Å². The third kappa shape index (κ3) is 3.20. The van der Waals surface area contributed by atoms with Gasteiger partial charge in [-0.2, -0.15) is 0 Å². The van der Waals surface area contributed by atoms with Crippen molar-refractivity contribution in [1.29, 1.82) is 0 Å². The maximum absolute atomic E-state index is 12.2. The number of carbonyl (C=O) groups excluding carboxylic acids is 1. The molecule has 0 saturated carbocycles. The smallest absolute Gasteiger partial charge is 0.189 e. The second-order valence-corrected chi connectivity index (χ2v) is 8.23. The van der Waals surface area contributed by atoms with Gasteiger partial charge in [0.1, 0.15) is 11.5 Å². The van der Waals surface area contributed by atoms with E-state index in [4.69, 9.17) is 14.2 Å². The largest absolute Gasteiger partial charge is 0.462 e. The molecule has 3 aromatic carbocycles. The maximum Gasteiger partial charge on any atom is 0.189 e. The van der Waals surface area contributed by atoms with E-state index < -0.39 is 11.2 Å². The highest BCUT2D eigenvalue weighted by Crippen LogP contribution is 2.55. The molecule has 160 valence electrons. The van der Waals surface area contributed by atoms with Crippen LogP contribution in [-0.2, 0) is 21.0 Å². The molecule has 0 aliphatic carbocycles. The number of Topliss-reactive ketones (excluding diaryl/α,β-unsaturated/α-hetero) is 1. The van der Waals surface area contributed by atoms with Crippen LogP contribution in [0, 0.1) is 6.92 Å². The summed E-state index contributed by atoms with van der Waals surface area (Å²) in [7, 11) is 0. The van der Waals surface area contributed by atoms with Gasteiger partial charge in [0, 0.05) is 6.42 Å². The molecule has 0 N–H and O–H groups in total. The summed E-state index contributed by atoms with van der Waals surface area (Å²) >= 11 is 0. The van der Waals surface area contributed by atoms with Crippen molar-refractivity contribution in [3.63, 3.8) is 0 Å². The Morgan fingerprint density at radius 2 is 1.16 bits per heavy atom. The molecule has 1 unspecified atom stereocenters. The average Bonchev–Trinajstić information content (AvgIpc) is 3.44. The number of furan rings is 1. The minimum Gasteiger partial charge on any atom is -0.462 e. The first-order chi connectivity index (χ1) is 15.6. The van der Waals surface area contributed by atoms with Crippen LogP contribution in [0.25, 0.3) is 0 Å². The van der Waals surface area contributed by atoms with Crippen molar-refractivity contribution in [2.24, 2.45) is 0 Å². The molecule has 0 bridgehead atoms. The normalized spacial score (nSPS) is 19.7. The lowest BCUT2D eigenvalue weighted by molar-refractivity contribution is -0.344. The SMILES string of the molecule is CC(=O)c1cc(C2(c3ccccc3)CC(c3ccccc3)(c3ccccc3)OO2)oc1C. The minimum absolute atomic E-state index is 0.0444. The van der Waals surface area contributed by atoms with Gasteiger partial charge in [0.15, 0.2) is 17.0 Å². The second kappa shape index (κ2) is 7.90. The van der Waals surface area contributed by atoms with E-state index in [0.717, 1.165) is 16.7 Å². The van der Waals surface area contributed by atoms with E-state index in [9.17, 15) is 4.79 Å². The van der Waals surface area contributed by atoms with E-state index in [1.807, 2.05) is 91.0 Å². The minimum atomic E-state index is -1.02. The summed E-state index contributed by atoms with van der Waals surface area (Å²) in [6.45, 7) is 3.34. The lowest BCUT2D eigenvalue weighted by Crippen LogP contribution is -2.31. The van der Waals surface area contributed by atoms with Gasteiger partial charge in [-0.25, -0.2) is 9.78 Å². The van der Waals surface area contributed by atoms with Gasteiger partial charge in [-0.15, -0.1) is 0 Å². The molecule has 2 heterocycles. The molecule has 1 saturated heterocycles. The van der Waals surface area contributed by atoms with Gasteiger partial charge in [0.05, 0.1) is 5.56 Å². The summed E-state index contributed by atoms with van der Waals surface area (Å²) in [5.41, 5.74) is 1.55. The number of aryl methyl sites for hydroxylation is 1. The van der Waals surface area contributed by atoms with Crippen LogP contribution in [0.1, 0.15) is 51.9 Å². The number of hydrogen-bond donors (Lipinski definition) is 0. The number of carbonyl (C=O) groups is 1. The topological polar surface area (TPSA) is 48.7 Å². The van der Waals surface area contributed by atoms with Crippen LogP contribution in [0.3, 0.4) is 0 Å². The molecule has 4 heteroatoms. The van der Waals surface area contributed by atoms with Crippen LogP contribution in [0.2, 0.25) is 0 Å². The monoisotopic (exact) mass is 424 g/mol. The lowest BCUT2D eigenvalue weighted by Gasteiger charge is -2.29. The van der Waals surface area contributed by atoms with Gasteiger partial charge >= 0.3 is 0 Å². The Kier molecular flexibility index (Phi) is 5.04. The molecule has 1 aromatic heterocycles. The number of hydrogen-bond acceptors (Lipinski definition) is 4. The van der Waals surface area contributed by atoms with Crippen molar-refractivity contribution < 1.29 is 19.0 Å². The fourth-order valence-corrected chi connectivity index (χ4v) is 4.59. The zero-order valence-electron chi connectivity index (χ0n) is 18.1. The van der Waals surface area contributed by atoms with Crippen LogP contribution in [0.4, 0.5) is 0 Å². The Bertz CT molecular complexity index is 1190. The van der Waals surface area contributed by atoms with Gasteiger partial charge in [0.25, 0.3) is 0 Å². The van der Waals surface area contributed by atoms with Crippen molar-refractivity contribution in [2.75, 3.05) is 0 Å². The van der Waals surface area contributed by atoms with Gasteiger partial charge in [-0.1, -0.05) is 91.0 Å². The fraction of sp³-hybridized carbons (Fsp3) is 0.179. The van der Waals surface area contributed by atoms with Crippen LogP contribution < -0.4 is 0 Å². The molecule has 5 rings (SSSR count). The van der Waals surface area contributed by atoms with Gasteiger partial charge in [0.2, 0.25) is 0 Å². The van der Waals surface area contributed by atoms with Gasteiger partial charge < -0.3 is 4.42 Å². The van der Waals surface area contributed by atoms with Crippen LogP contribution in [0.15, 0.2) is 101 Å². The second-order valence-electron chi connectivity index (χ2n) is 8.23. The Labute approximate surface area is 187 Å². The molecular weight excluding hydrogens is 400 g/mol. The number of rotatable bonds is 5. The summed E-state index contributed by atoms with van der Waals surface area (Å²) in [4.78, 5) is 24.8. The average molecular weight is 424 g/mol. The first-order valence-corrected chi connectivity index (χ1v) is 10.7. The molecule has 1 aliphatic heterocycles. The Hall–Kier alpha value is -3.47. The van der Waals surface area contributed by atoms with Crippen LogP contribution >= 0.6 is 0 Å².